The van der Waals surface area contributed by atoms with Gasteiger partial charge in [-0.3, -0.25) is 0 Å². The molecule has 2 rings (SSSR count). The summed E-state index contributed by atoms with van der Waals surface area (Å²) in [7, 11) is 0. The second kappa shape index (κ2) is 6.70. The molecule has 1 saturated carbocycles. The van der Waals surface area contributed by atoms with Crippen molar-refractivity contribution in [2.45, 2.75) is 39.0 Å². The molecule has 0 bridgehead atoms. The first-order valence-electron chi connectivity index (χ1n) is 7.19. The number of aliphatic hydroxyl groups is 1. The van der Waals surface area contributed by atoms with E-state index in [1.165, 1.54) is 12.8 Å². The fourth-order valence-corrected chi connectivity index (χ4v) is 2.60. The summed E-state index contributed by atoms with van der Waals surface area (Å²) in [6.45, 7) is 4.08. The monoisotopic (exact) mass is 264 g/mol. The molecule has 1 aromatic rings. The van der Waals surface area contributed by atoms with Gasteiger partial charge >= 0.3 is 0 Å². The Bertz CT molecular complexity index is 391. The van der Waals surface area contributed by atoms with Gasteiger partial charge in [0.25, 0.3) is 0 Å². The van der Waals surface area contributed by atoms with Crippen molar-refractivity contribution < 1.29 is 5.11 Å². The molecule has 1 heterocycles. The minimum atomic E-state index is 0.0436. The predicted molar refractivity (Wildman–Crippen MR) is 77.3 cm³/mol. The quantitative estimate of drug-likeness (QED) is 0.704. The van der Waals surface area contributed by atoms with Crippen molar-refractivity contribution in [1.82, 2.24) is 9.97 Å². The van der Waals surface area contributed by atoms with E-state index in [9.17, 15) is 5.11 Å². The van der Waals surface area contributed by atoms with Gasteiger partial charge in [0.15, 0.2) is 0 Å². The van der Waals surface area contributed by atoms with E-state index in [0.717, 1.165) is 44.0 Å². The van der Waals surface area contributed by atoms with Gasteiger partial charge in [0.05, 0.1) is 6.61 Å². The zero-order valence-corrected chi connectivity index (χ0v) is 11.7. The molecule has 0 unspecified atom stereocenters. The molecule has 1 aliphatic rings. The number of hydrogen-bond acceptors (Lipinski definition) is 5. The van der Waals surface area contributed by atoms with Crippen molar-refractivity contribution in [1.29, 1.82) is 0 Å². The van der Waals surface area contributed by atoms with Crippen LogP contribution in [0.25, 0.3) is 0 Å². The van der Waals surface area contributed by atoms with Gasteiger partial charge in [-0.05, 0) is 19.3 Å². The Morgan fingerprint density at radius 3 is 2.53 bits per heavy atom. The minimum Gasteiger partial charge on any atom is -0.396 e. The number of nitrogens with zero attached hydrogens (tertiary/aromatic N) is 2. The molecule has 0 aliphatic heterocycles. The largest absolute Gasteiger partial charge is 0.396 e. The number of hydrogen-bond donors (Lipinski definition) is 3. The Morgan fingerprint density at radius 2 is 1.89 bits per heavy atom. The molecule has 0 amide bonds. The zero-order valence-electron chi connectivity index (χ0n) is 11.7. The fourth-order valence-electron chi connectivity index (χ4n) is 2.60. The van der Waals surface area contributed by atoms with E-state index in [1.54, 1.807) is 6.33 Å². The highest BCUT2D eigenvalue weighted by atomic mass is 16.3. The molecule has 3 N–H and O–H groups in total. The van der Waals surface area contributed by atoms with Crippen LogP contribution in [0.2, 0.25) is 0 Å². The average molecular weight is 264 g/mol. The highest BCUT2D eigenvalue weighted by molar-refractivity contribution is 5.46. The summed E-state index contributed by atoms with van der Waals surface area (Å²) in [4.78, 5) is 8.41. The van der Waals surface area contributed by atoms with Crippen molar-refractivity contribution in [3.05, 3.63) is 12.4 Å². The predicted octanol–water partition coefficient (Wildman–Crippen LogP) is 2.26. The van der Waals surface area contributed by atoms with Gasteiger partial charge in [-0.1, -0.05) is 19.8 Å². The van der Waals surface area contributed by atoms with Gasteiger partial charge in [0.2, 0.25) is 0 Å². The SMILES string of the molecule is CCCNc1cc(NCC2(CO)CCCC2)ncn1. The van der Waals surface area contributed by atoms with E-state index < -0.39 is 0 Å². The lowest BCUT2D eigenvalue weighted by atomic mass is 9.87. The molecule has 0 spiro atoms. The zero-order chi connectivity index (χ0) is 13.6. The summed E-state index contributed by atoms with van der Waals surface area (Å²) >= 11 is 0. The normalized spacial score (nSPS) is 17.4. The number of aliphatic hydroxyl groups excluding tert-OH is 1. The number of anilines is 2. The van der Waals surface area contributed by atoms with E-state index in [0.29, 0.717) is 0 Å². The molecule has 5 nitrogen and oxygen atoms in total. The van der Waals surface area contributed by atoms with Crippen molar-refractivity contribution in [3.8, 4) is 0 Å². The summed E-state index contributed by atoms with van der Waals surface area (Å²) in [6.07, 6.45) is 7.27. The van der Waals surface area contributed by atoms with Crippen molar-refractivity contribution >= 4 is 11.6 Å². The first-order valence-corrected chi connectivity index (χ1v) is 7.19. The summed E-state index contributed by atoms with van der Waals surface area (Å²) in [5.74, 6) is 1.68. The van der Waals surface area contributed by atoms with Crippen LogP contribution in [0.1, 0.15) is 39.0 Å². The van der Waals surface area contributed by atoms with Crippen LogP contribution in [0.4, 0.5) is 11.6 Å². The van der Waals surface area contributed by atoms with Crippen LogP contribution < -0.4 is 10.6 Å². The van der Waals surface area contributed by atoms with Crippen LogP contribution in [-0.4, -0.2) is 34.8 Å². The second-order valence-electron chi connectivity index (χ2n) is 5.43. The Labute approximate surface area is 114 Å². The van der Waals surface area contributed by atoms with Crippen LogP contribution in [0.15, 0.2) is 12.4 Å². The number of nitrogens with one attached hydrogen (secondary N) is 2. The van der Waals surface area contributed by atoms with Crippen molar-refractivity contribution in [3.63, 3.8) is 0 Å². The van der Waals surface area contributed by atoms with E-state index in [4.69, 9.17) is 0 Å². The van der Waals surface area contributed by atoms with E-state index >= 15 is 0 Å². The maximum absolute atomic E-state index is 9.58. The molecule has 1 aliphatic carbocycles. The molecule has 1 aromatic heterocycles. The Hall–Kier alpha value is -1.36. The standard InChI is InChI=1S/C14H24N4O/c1-2-7-15-12-8-13(18-11-17-12)16-9-14(10-19)5-3-4-6-14/h8,11,19H,2-7,9-10H2,1H3,(H2,15,16,17,18). The van der Waals surface area contributed by atoms with Gasteiger partial charge in [-0.25, -0.2) is 9.97 Å². The molecule has 19 heavy (non-hydrogen) atoms. The number of rotatable bonds is 7. The molecule has 1 fully saturated rings. The van der Waals surface area contributed by atoms with Crippen LogP contribution in [0.5, 0.6) is 0 Å². The Balaban J connectivity index is 1.91. The molecule has 0 atom stereocenters. The highest BCUT2D eigenvalue weighted by Gasteiger charge is 2.32. The lowest BCUT2D eigenvalue weighted by Crippen LogP contribution is -2.30. The molecule has 0 aromatic carbocycles. The first-order chi connectivity index (χ1) is 9.28. The van der Waals surface area contributed by atoms with Crippen LogP contribution in [0.3, 0.4) is 0 Å². The third kappa shape index (κ3) is 3.80. The van der Waals surface area contributed by atoms with Crippen LogP contribution in [0, 0.1) is 5.41 Å². The molecular weight excluding hydrogens is 240 g/mol. The summed E-state index contributed by atoms with van der Waals surface area (Å²) < 4.78 is 0. The Kier molecular flexibility index (Phi) is 4.96. The van der Waals surface area contributed by atoms with Crippen molar-refractivity contribution in [2.24, 2.45) is 5.41 Å². The topological polar surface area (TPSA) is 70.1 Å². The first kappa shape index (κ1) is 14.1. The third-order valence-electron chi connectivity index (χ3n) is 3.87. The van der Waals surface area contributed by atoms with Crippen LogP contribution >= 0.6 is 0 Å². The highest BCUT2D eigenvalue weighted by Crippen LogP contribution is 2.37. The summed E-state index contributed by atoms with van der Waals surface area (Å²) in [5, 5.41) is 16.2. The molecule has 5 heteroatoms. The molecular formula is C14H24N4O. The van der Waals surface area contributed by atoms with Gasteiger partial charge in [0, 0.05) is 24.6 Å². The molecule has 106 valence electrons. The van der Waals surface area contributed by atoms with Gasteiger partial charge in [0.1, 0.15) is 18.0 Å². The molecule has 0 saturated heterocycles. The van der Waals surface area contributed by atoms with Crippen molar-refractivity contribution in [2.75, 3.05) is 30.3 Å². The Morgan fingerprint density at radius 1 is 1.21 bits per heavy atom. The number of aromatic nitrogens is 2. The summed E-state index contributed by atoms with van der Waals surface area (Å²) in [5.41, 5.74) is 0.0436. The smallest absolute Gasteiger partial charge is 0.131 e. The van der Waals surface area contributed by atoms with E-state index in [-0.39, 0.29) is 12.0 Å². The lowest BCUT2D eigenvalue weighted by Gasteiger charge is -2.26. The van der Waals surface area contributed by atoms with Crippen LogP contribution in [-0.2, 0) is 0 Å². The lowest BCUT2D eigenvalue weighted by molar-refractivity contribution is 0.142. The average Bonchev–Trinajstić information content (AvgIpc) is 2.93. The molecule has 0 radical (unpaired) electrons. The van der Waals surface area contributed by atoms with E-state index in [2.05, 4.69) is 27.5 Å². The van der Waals surface area contributed by atoms with Gasteiger partial charge in [-0.2, -0.15) is 0 Å². The third-order valence-corrected chi connectivity index (χ3v) is 3.87. The minimum absolute atomic E-state index is 0.0436. The summed E-state index contributed by atoms with van der Waals surface area (Å²) in [6, 6.07) is 1.93. The maximum atomic E-state index is 9.58. The van der Waals surface area contributed by atoms with Gasteiger partial charge in [-0.15, -0.1) is 0 Å². The maximum Gasteiger partial charge on any atom is 0.131 e. The van der Waals surface area contributed by atoms with Gasteiger partial charge < -0.3 is 15.7 Å². The second-order valence-corrected chi connectivity index (χ2v) is 5.43. The fraction of sp³-hybridized carbons (Fsp3) is 0.714. The van der Waals surface area contributed by atoms with E-state index in [1.807, 2.05) is 6.07 Å².